The zero-order chi connectivity index (χ0) is 11.8. The van der Waals surface area contributed by atoms with Gasteiger partial charge < -0.3 is 0 Å². The van der Waals surface area contributed by atoms with E-state index in [4.69, 9.17) is 69.6 Å². The van der Waals surface area contributed by atoms with E-state index in [1.54, 1.807) is 0 Å². The molecule has 0 spiro atoms. The van der Waals surface area contributed by atoms with Gasteiger partial charge in [0.2, 0.25) is 0 Å². The third kappa shape index (κ3) is 1.17. The summed E-state index contributed by atoms with van der Waals surface area (Å²) in [4.78, 5) is -0.942. The Morgan fingerprint density at radius 3 is 2.00 bits per heavy atom. The Balaban J connectivity index is 2.28. The van der Waals surface area contributed by atoms with E-state index in [1.807, 2.05) is 0 Å². The Hall–Kier alpha value is 1.22. The third-order valence-electron chi connectivity index (χ3n) is 3.84. The van der Waals surface area contributed by atoms with E-state index in [2.05, 4.69) is 0 Å². The standard InChI is InChI=1S/C10H6Cl6/c11-3-1-2-4-5(3)7(13)9(15)10(2,16)8(14)6(4)12/h2-5H,1H2/t2-,3-,4-,5-,10-/m0/s1. The molecule has 16 heavy (non-hydrogen) atoms. The quantitative estimate of drug-likeness (QED) is 0.530. The smallest absolute Gasteiger partial charge is 0.121 e. The van der Waals surface area contributed by atoms with Crippen molar-refractivity contribution in [2.24, 2.45) is 17.8 Å². The van der Waals surface area contributed by atoms with Gasteiger partial charge >= 0.3 is 0 Å². The molecule has 0 N–H and O–H groups in total. The molecule has 6 heteroatoms. The number of rotatable bonds is 0. The van der Waals surface area contributed by atoms with Crippen LogP contribution >= 0.6 is 69.6 Å². The van der Waals surface area contributed by atoms with Crippen LogP contribution in [0, 0.1) is 17.8 Å². The van der Waals surface area contributed by atoms with Crippen LogP contribution in [-0.4, -0.2) is 10.3 Å². The van der Waals surface area contributed by atoms with Crippen molar-refractivity contribution in [2.45, 2.75) is 16.7 Å². The molecule has 0 radical (unpaired) electrons. The highest BCUT2D eigenvalue weighted by Gasteiger charge is 2.65. The maximum Gasteiger partial charge on any atom is 0.121 e. The topological polar surface area (TPSA) is 0 Å². The fraction of sp³-hybridized carbons (Fsp3) is 0.600. The molecule has 5 atom stereocenters. The van der Waals surface area contributed by atoms with Crippen molar-refractivity contribution >= 4 is 69.6 Å². The predicted molar refractivity (Wildman–Crippen MR) is 70.8 cm³/mol. The number of allylic oxidation sites excluding steroid dienone is 4. The highest BCUT2D eigenvalue weighted by atomic mass is 35.5. The van der Waals surface area contributed by atoms with E-state index < -0.39 is 4.87 Å². The van der Waals surface area contributed by atoms with Crippen LogP contribution in [0.25, 0.3) is 0 Å². The summed E-state index contributed by atoms with van der Waals surface area (Å²) in [5.74, 6) is 0.0530. The lowest BCUT2D eigenvalue weighted by Crippen LogP contribution is -2.35. The molecule has 88 valence electrons. The molecule has 0 aromatic heterocycles. The second-order valence-corrected chi connectivity index (χ2v) is 7.17. The molecular weight excluding hydrogens is 333 g/mol. The van der Waals surface area contributed by atoms with Gasteiger partial charge in [-0.15, -0.1) is 23.2 Å². The lowest BCUT2D eigenvalue weighted by Gasteiger charge is -2.34. The first kappa shape index (κ1) is 12.3. The summed E-state index contributed by atoms with van der Waals surface area (Å²) in [6.07, 6.45) is 0.735. The van der Waals surface area contributed by atoms with Crippen LogP contribution in [0.2, 0.25) is 0 Å². The summed E-state index contributed by atoms with van der Waals surface area (Å²) in [5, 5.41) is 1.83. The lowest BCUT2D eigenvalue weighted by atomic mass is 9.81. The summed E-state index contributed by atoms with van der Waals surface area (Å²) in [5.41, 5.74) is 0. The zero-order valence-electron chi connectivity index (χ0n) is 7.78. The monoisotopic (exact) mass is 336 g/mol. The van der Waals surface area contributed by atoms with E-state index in [1.165, 1.54) is 0 Å². The van der Waals surface area contributed by atoms with E-state index in [0.29, 0.717) is 20.1 Å². The molecule has 0 amide bonds. The molecule has 0 aromatic carbocycles. The average molecular weight is 339 g/mol. The Kier molecular flexibility index (Phi) is 2.77. The van der Waals surface area contributed by atoms with E-state index in [-0.39, 0.29) is 23.1 Å². The third-order valence-corrected chi connectivity index (χ3v) is 7.22. The first-order valence-electron chi connectivity index (χ1n) is 4.85. The minimum Gasteiger partial charge on any atom is -0.122 e. The maximum atomic E-state index is 6.54. The highest BCUT2D eigenvalue weighted by molar-refractivity contribution is 6.53. The first-order chi connectivity index (χ1) is 7.40. The van der Waals surface area contributed by atoms with Crippen molar-refractivity contribution < 1.29 is 0 Å². The van der Waals surface area contributed by atoms with Gasteiger partial charge in [-0.3, -0.25) is 0 Å². The van der Waals surface area contributed by atoms with Crippen molar-refractivity contribution in [3.63, 3.8) is 0 Å². The maximum absolute atomic E-state index is 6.54. The Morgan fingerprint density at radius 2 is 1.44 bits per heavy atom. The van der Waals surface area contributed by atoms with E-state index in [0.717, 1.165) is 6.42 Å². The van der Waals surface area contributed by atoms with Crippen molar-refractivity contribution in [1.29, 1.82) is 0 Å². The van der Waals surface area contributed by atoms with Crippen LogP contribution in [0.5, 0.6) is 0 Å². The number of hydrogen-bond acceptors (Lipinski definition) is 0. The summed E-state index contributed by atoms with van der Waals surface area (Å²) in [6, 6.07) is 0. The molecule has 0 aromatic rings. The molecule has 4 bridgehead atoms. The van der Waals surface area contributed by atoms with Gasteiger partial charge in [-0.2, -0.15) is 0 Å². The minimum absolute atomic E-state index is 0.0316. The largest absolute Gasteiger partial charge is 0.122 e. The van der Waals surface area contributed by atoms with Gasteiger partial charge in [-0.05, 0) is 12.3 Å². The Labute approximate surface area is 123 Å². The summed E-state index contributed by atoms with van der Waals surface area (Å²) >= 11 is 37.7. The Bertz CT molecular complexity index is 439. The second-order valence-electron chi connectivity index (χ2n) is 4.45. The fourth-order valence-corrected chi connectivity index (χ4v) is 5.84. The summed E-state index contributed by atoms with van der Waals surface area (Å²) < 4.78 is 0. The van der Waals surface area contributed by atoms with Crippen molar-refractivity contribution in [3.8, 4) is 0 Å². The summed E-state index contributed by atoms with van der Waals surface area (Å²) in [7, 11) is 0. The molecule has 3 rings (SSSR count). The van der Waals surface area contributed by atoms with Gasteiger partial charge in [0, 0.05) is 27.3 Å². The van der Waals surface area contributed by atoms with Gasteiger partial charge in [0.05, 0.1) is 10.1 Å². The van der Waals surface area contributed by atoms with Gasteiger partial charge in [-0.25, -0.2) is 0 Å². The molecule has 3 aliphatic rings. The molecular formula is C10H6Cl6. The molecule has 0 saturated heterocycles. The van der Waals surface area contributed by atoms with Crippen LogP contribution in [0.15, 0.2) is 20.1 Å². The molecule has 0 aliphatic heterocycles. The van der Waals surface area contributed by atoms with Crippen LogP contribution in [-0.2, 0) is 0 Å². The normalized spacial score (nSPS) is 50.6. The SMILES string of the molecule is ClC1=C(Cl)[C@@]2(Cl)C(Cl)=C(Cl)[C@@H]3[C@@H]1[C@@H](Cl)C[C@@H]32. The van der Waals surface area contributed by atoms with Gasteiger partial charge in [0.25, 0.3) is 0 Å². The van der Waals surface area contributed by atoms with Crippen LogP contribution in [0.3, 0.4) is 0 Å². The van der Waals surface area contributed by atoms with E-state index >= 15 is 0 Å². The van der Waals surface area contributed by atoms with Crippen LogP contribution in [0.4, 0.5) is 0 Å². The number of hydrogen-bond donors (Lipinski definition) is 0. The molecule has 0 unspecified atom stereocenters. The fourth-order valence-electron chi connectivity index (χ4n) is 3.13. The second kappa shape index (κ2) is 3.62. The molecule has 0 nitrogen and oxygen atoms in total. The first-order valence-corrected chi connectivity index (χ1v) is 7.17. The van der Waals surface area contributed by atoms with Crippen molar-refractivity contribution in [2.75, 3.05) is 0 Å². The lowest BCUT2D eigenvalue weighted by molar-refractivity contribution is 0.386. The predicted octanol–water partition coefficient (Wildman–Crippen LogP) is 5.23. The zero-order valence-corrected chi connectivity index (χ0v) is 12.3. The van der Waals surface area contributed by atoms with Crippen molar-refractivity contribution in [1.82, 2.24) is 0 Å². The molecule has 0 heterocycles. The van der Waals surface area contributed by atoms with Gasteiger partial charge in [-0.1, -0.05) is 46.4 Å². The minimum atomic E-state index is -0.942. The van der Waals surface area contributed by atoms with Crippen LogP contribution < -0.4 is 0 Å². The highest BCUT2D eigenvalue weighted by Crippen LogP contribution is 2.69. The molecule has 3 aliphatic carbocycles. The van der Waals surface area contributed by atoms with Crippen molar-refractivity contribution in [3.05, 3.63) is 20.1 Å². The Morgan fingerprint density at radius 1 is 0.938 bits per heavy atom. The average Bonchev–Trinajstić information content (AvgIpc) is 2.64. The molecule has 1 fully saturated rings. The van der Waals surface area contributed by atoms with E-state index in [9.17, 15) is 0 Å². The summed E-state index contributed by atoms with van der Waals surface area (Å²) in [6.45, 7) is 0. The number of halogens is 6. The van der Waals surface area contributed by atoms with Gasteiger partial charge in [0.1, 0.15) is 4.87 Å². The van der Waals surface area contributed by atoms with Crippen LogP contribution in [0.1, 0.15) is 6.42 Å². The van der Waals surface area contributed by atoms with Gasteiger partial charge in [0.15, 0.2) is 0 Å². The number of alkyl halides is 2. The molecule has 1 saturated carbocycles.